The number of hydrogen-bond acceptors (Lipinski definition) is 2. The summed E-state index contributed by atoms with van der Waals surface area (Å²) in [4.78, 5) is 1.37. The number of halogens is 1. The second-order valence-electron chi connectivity index (χ2n) is 5.41. The summed E-state index contributed by atoms with van der Waals surface area (Å²) in [5.41, 5.74) is 0. The molecule has 3 rings (SSSR count). The highest BCUT2D eigenvalue weighted by molar-refractivity contribution is 7.19. The van der Waals surface area contributed by atoms with Gasteiger partial charge in [-0.25, -0.2) is 4.39 Å². The molecule has 1 saturated carbocycles. The van der Waals surface area contributed by atoms with E-state index in [1.807, 2.05) is 17.4 Å². The maximum Gasteiger partial charge on any atom is 0.123 e. The minimum absolute atomic E-state index is 0.141. The normalized spacial score (nSPS) is 18.2. The zero-order chi connectivity index (χ0) is 13.2. The van der Waals surface area contributed by atoms with Gasteiger partial charge >= 0.3 is 0 Å². The third-order valence-corrected chi connectivity index (χ3v) is 5.30. The predicted molar refractivity (Wildman–Crippen MR) is 80.2 cm³/mol. The summed E-state index contributed by atoms with van der Waals surface area (Å²) in [5, 5.41) is 4.68. The molecular weight excluding hydrogens is 257 g/mol. The fraction of sp³-hybridized carbons (Fsp3) is 0.500. The zero-order valence-electron chi connectivity index (χ0n) is 11.3. The van der Waals surface area contributed by atoms with E-state index in [4.69, 9.17) is 0 Å². The molecule has 2 aromatic rings. The first-order valence-electron chi connectivity index (χ1n) is 7.20. The van der Waals surface area contributed by atoms with Crippen LogP contribution in [0.2, 0.25) is 0 Å². The Kier molecular flexibility index (Phi) is 3.85. The van der Waals surface area contributed by atoms with Crippen molar-refractivity contribution in [3.63, 3.8) is 0 Å². The molecule has 0 aliphatic heterocycles. The van der Waals surface area contributed by atoms with Crippen molar-refractivity contribution in [2.24, 2.45) is 5.92 Å². The van der Waals surface area contributed by atoms with Gasteiger partial charge in [0.05, 0.1) is 0 Å². The molecule has 1 unspecified atom stereocenters. The number of fused-ring (bicyclic) bond motifs is 1. The first-order valence-corrected chi connectivity index (χ1v) is 8.02. The first kappa shape index (κ1) is 13.1. The maximum atomic E-state index is 13.3. The summed E-state index contributed by atoms with van der Waals surface area (Å²) in [6.07, 6.45) is 5.35. The molecule has 19 heavy (non-hydrogen) atoms. The molecule has 102 valence electrons. The highest BCUT2D eigenvalue weighted by atomic mass is 32.1. The molecule has 0 spiro atoms. The average molecular weight is 277 g/mol. The van der Waals surface area contributed by atoms with Crippen LogP contribution >= 0.6 is 11.3 Å². The van der Waals surface area contributed by atoms with Crippen LogP contribution < -0.4 is 5.32 Å². The summed E-state index contributed by atoms with van der Waals surface area (Å²) in [6, 6.07) is 7.73. The van der Waals surface area contributed by atoms with Crippen LogP contribution in [0.15, 0.2) is 24.3 Å². The zero-order valence-corrected chi connectivity index (χ0v) is 12.1. The minimum Gasteiger partial charge on any atom is -0.309 e. The van der Waals surface area contributed by atoms with E-state index >= 15 is 0 Å². The SMILES string of the molecule is CCNC(c1cc2cc(F)ccc2s1)C1CCCC1. The lowest BCUT2D eigenvalue weighted by Crippen LogP contribution is -2.26. The quantitative estimate of drug-likeness (QED) is 0.839. The Hall–Kier alpha value is -0.930. The van der Waals surface area contributed by atoms with Crippen LogP contribution in [0.1, 0.15) is 43.5 Å². The van der Waals surface area contributed by atoms with Crippen molar-refractivity contribution in [2.75, 3.05) is 6.54 Å². The molecule has 1 aliphatic rings. The molecule has 1 aromatic heterocycles. The van der Waals surface area contributed by atoms with Gasteiger partial charge in [0.2, 0.25) is 0 Å². The van der Waals surface area contributed by atoms with E-state index in [-0.39, 0.29) is 5.82 Å². The minimum atomic E-state index is -0.141. The topological polar surface area (TPSA) is 12.0 Å². The Morgan fingerprint density at radius 2 is 2.11 bits per heavy atom. The van der Waals surface area contributed by atoms with Crippen molar-refractivity contribution in [3.8, 4) is 0 Å². The second-order valence-corrected chi connectivity index (χ2v) is 6.53. The fourth-order valence-electron chi connectivity index (χ4n) is 3.20. The lowest BCUT2D eigenvalue weighted by atomic mass is 9.96. The van der Waals surface area contributed by atoms with Gasteiger partial charge in [-0.05, 0) is 55.0 Å². The highest BCUT2D eigenvalue weighted by Gasteiger charge is 2.26. The summed E-state index contributed by atoms with van der Waals surface area (Å²) in [6.45, 7) is 3.15. The molecule has 1 fully saturated rings. The van der Waals surface area contributed by atoms with E-state index in [1.165, 1.54) is 35.3 Å². The van der Waals surface area contributed by atoms with E-state index < -0.39 is 0 Å². The van der Waals surface area contributed by atoms with Crippen LogP contribution in [0.3, 0.4) is 0 Å². The molecule has 1 aliphatic carbocycles. The molecular formula is C16H20FNS. The van der Waals surface area contributed by atoms with E-state index in [0.29, 0.717) is 6.04 Å². The first-order chi connectivity index (χ1) is 9.28. The smallest absolute Gasteiger partial charge is 0.123 e. The molecule has 0 bridgehead atoms. The van der Waals surface area contributed by atoms with Gasteiger partial charge in [-0.3, -0.25) is 0 Å². The molecule has 1 heterocycles. The highest BCUT2D eigenvalue weighted by Crippen LogP contribution is 2.40. The van der Waals surface area contributed by atoms with Gasteiger partial charge in [0, 0.05) is 15.6 Å². The maximum absolute atomic E-state index is 13.3. The van der Waals surface area contributed by atoms with Gasteiger partial charge in [0.15, 0.2) is 0 Å². The van der Waals surface area contributed by atoms with Gasteiger partial charge in [-0.2, -0.15) is 0 Å². The van der Waals surface area contributed by atoms with Gasteiger partial charge in [0.1, 0.15) is 5.82 Å². The van der Waals surface area contributed by atoms with Crippen LogP contribution in [-0.2, 0) is 0 Å². The number of nitrogens with one attached hydrogen (secondary N) is 1. The summed E-state index contributed by atoms with van der Waals surface area (Å²) >= 11 is 1.81. The van der Waals surface area contributed by atoms with Crippen LogP contribution in [-0.4, -0.2) is 6.54 Å². The van der Waals surface area contributed by atoms with Crippen molar-refractivity contribution in [1.29, 1.82) is 0 Å². The lowest BCUT2D eigenvalue weighted by Gasteiger charge is -2.23. The van der Waals surface area contributed by atoms with Gasteiger partial charge in [-0.1, -0.05) is 19.8 Å². The second kappa shape index (κ2) is 5.59. The molecule has 3 heteroatoms. The standard InChI is InChI=1S/C16H20FNS/c1-2-18-16(11-5-3-4-6-11)15-10-12-9-13(17)7-8-14(12)19-15/h7-11,16,18H,2-6H2,1H3. The van der Waals surface area contributed by atoms with Crippen LogP contribution in [0, 0.1) is 11.7 Å². The van der Waals surface area contributed by atoms with Crippen LogP contribution in [0.5, 0.6) is 0 Å². The fourth-order valence-corrected chi connectivity index (χ4v) is 4.41. The van der Waals surface area contributed by atoms with Crippen molar-refractivity contribution < 1.29 is 4.39 Å². The lowest BCUT2D eigenvalue weighted by molar-refractivity contribution is 0.380. The predicted octanol–water partition coefficient (Wildman–Crippen LogP) is 4.88. The molecule has 1 atom stereocenters. The molecule has 0 radical (unpaired) electrons. The number of hydrogen-bond donors (Lipinski definition) is 1. The monoisotopic (exact) mass is 277 g/mol. The third kappa shape index (κ3) is 2.67. The van der Waals surface area contributed by atoms with Crippen LogP contribution in [0.4, 0.5) is 4.39 Å². The Bertz CT molecular complexity index is 557. The van der Waals surface area contributed by atoms with E-state index in [2.05, 4.69) is 18.3 Å². The molecule has 1 aromatic carbocycles. The number of rotatable bonds is 4. The third-order valence-electron chi connectivity index (χ3n) is 4.10. The molecule has 0 saturated heterocycles. The van der Waals surface area contributed by atoms with Crippen molar-refractivity contribution in [1.82, 2.24) is 5.32 Å². The Balaban J connectivity index is 1.94. The molecule has 1 N–H and O–H groups in total. The largest absolute Gasteiger partial charge is 0.309 e. The van der Waals surface area contributed by atoms with Crippen molar-refractivity contribution >= 4 is 21.4 Å². The van der Waals surface area contributed by atoms with Gasteiger partial charge in [0.25, 0.3) is 0 Å². The van der Waals surface area contributed by atoms with Crippen LogP contribution in [0.25, 0.3) is 10.1 Å². The molecule has 1 nitrogen and oxygen atoms in total. The van der Waals surface area contributed by atoms with E-state index in [0.717, 1.165) is 17.8 Å². The Labute approximate surface area is 117 Å². The Morgan fingerprint density at radius 3 is 2.84 bits per heavy atom. The molecule has 0 amide bonds. The van der Waals surface area contributed by atoms with Gasteiger partial charge < -0.3 is 5.32 Å². The summed E-state index contributed by atoms with van der Waals surface area (Å²) < 4.78 is 14.5. The summed E-state index contributed by atoms with van der Waals surface area (Å²) in [7, 11) is 0. The average Bonchev–Trinajstić information content (AvgIpc) is 3.04. The van der Waals surface area contributed by atoms with Crippen molar-refractivity contribution in [3.05, 3.63) is 35.0 Å². The van der Waals surface area contributed by atoms with Crippen molar-refractivity contribution in [2.45, 2.75) is 38.6 Å². The Morgan fingerprint density at radius 1 is 1.32 bits per heavy atom. The van der Waals surface area contributed by atoms with E-state index in [9.17, 15) is 4.39 Å². The number of benzene rings is 1. The van der Waals surface area contributed by atoms with E-state index in [1.54, 1.807) is 12.1 Å². The summed E-state index contributed by atoms with van der Waals surface area (Å²) in [5.74, 6) is 0.607. The van der Waals surface area contributed by atoms with Gasteiger partial charge in [-0.15, -0.1) is 11.3 Å². The number of thiophene rings is 1.